The molecule has 4 aliphatic rings. The fourth-order valence-corrected chi connectivity index (χ4v) is 10.4. The number of hydrogen-bond acceptors (Lipinski definition) is 14. The van der Waals surface area contributed by atoms with Crippen LogP contribution in [0, 0.1) is 0 Å². The van der Waals surface area contributed by atoms with Crippen LogP contribution in [-0.2, 0) is 4.74 Å². The average molecular weight is 843 g/mol. The number of phenolic OH excluding ortho intramolecular Hbond substituents is 7. The first-order valence-electron chi connectivity index (χ1n) is 20.1. The number of aliphatic hydroxyl groups excluding tert-OH is 4. The molecule has 0 aromatic heterocycles. The van der Waals surface area contributed by atoms with Crippen molar-refractivity contribution >= 4 is 0 Å². The van der Waals surface area contributed by atoms with E-state index in [9.17, 15) is 56.2 Å². The summed E-state index contributed by atoms with van der Waals surface area (Å²) < 4.78 is 18.4. The highest BCUT2D eigenvalue weighted by molar-refractivity contribution is 5.72. The Bertz CT molecular complexity index is 2680. The van der Waals surface area contributed by atoms with Crippen LogP contribution >= 0.6 is 0 Å². The van der Waals surface area contributed by atoms with Crippen LogP contribution in [0.5, 0.6) is 51.7 Å². The van der Waals surface area contributed by atoms with Crippen molar-refractivity contribution in [2.24, 2.45) is 0 Å². The van der Waals surface area contributed by atoms with Gasteiger partial charge in [0.25, 0.3) is 0 Å². The standard InChI is InChI=1S/C48H42O14/c49-19-34-44(57)45(58)46(59)48(62-34)60-29-14-23(13-27(53)15-29)37-35(20-1-7-24(50)8-2-20)42-36(21-3-9-25(51)10-4-21)38-30(16-28(54)17-31(38)55)39-41-33(18-32(56)40(37)43(41)42)61-47(39)22-5-11-26(52)12-6-22/h1-18,34-37,39,42,44-59H,19H2/t34-,35+,36?,37+,39+,42+,44-,45+,46-,47-,48-/m1/s1. The monoisotopic (exact) mass is 842 g/mol. The van der Waals surface area contributed by atoms with Gasteiger partial charge in [-0.3, -0.25) is 0 Å². The lowest BCUT2D eigenvalue weighted by molar-refractivity contribution is -0.277. The molecule has 11 N–H and O–H groups in total. The van der Waals surface area contributed by atoms with Gasteiger partial charge in [-0.05, 0) is 88.0 Å². The fraction of sp³-hybridized carbons (Fsp3) is 0.250. The van der Waals surface area contributed by atoms with E-state index in [2.05, 4.69) is 0 Å². The van der Waals surface area contributed by atoms with Crippen molar-refractivity contribution in [3.05, 3.63) is 159 Å². The normalized spacial score (nSPS) is 28.1. The number of benzene rings is 6. The Morgan fingerprint density at radius 2 is 1.05 bits per heavy atom. The Morgan fingerprint density at radius 3 is 1.69 bits per heavy atom. The van der Waals surface area contributed by atoms with Crippen LogP contribution in [0.1, 0.15) is 85.8 Å². The lowest BCUT2D eigenvalue weighted by atomic mass is 9.69. The van der Waals surface area contributed by atoms with E-state index in [1.165, 1.54) is 48.5 Å². The second-order valence-electron chi connectivity index (χ2n) is 16.5. The Labute approximate surface area is 353 Å². The van der Waals surface area contributed by atoms with Gasteiger partial charge < -0.3 is 70.4 Å². The van der Waals surface area contributed by atoms with Crippen LogP contribution in [-0.4, -0.2) is 93.5 Å². The van der Waals surface area contributed by atoms with Gasteiger partial charge in [0.2, 0.25) is 6.29 Å². The number of ether oxygens (including phenoxy) is 3. The summed E-state index contributed by atoms with van der Waals surface area (Å²) in [6.07, 6.45) is -8.73. The van der Waals surface area contributed by atoms with Gasteiger partial charge in [-0.15, -0.1) is 0 Å². The van der Waals surface area contributed by atoms with E-state index in [4.69, 9.17) is 14.2 Å². The Balaban J connectivity index is 1.25. The molecule has 0 saturated carbocycles. The van der Waals surface area contributed by atoms with Crippen LogP contribution in [0.2, 0.25) is 0 Å². The second-order valence-corrected chi connectivity index (χ2v) is 16.5. The SMILES string of the molecule is OC[C@H]1O[C@@H](Oc2cc(O)cc([C@@H]3c4c(O)cc5c6c4[C@H](C(c4ccc(O)cc4)c4c(O)cc(O)cc4[C@@H]6[C@@H](c4ccc(O)cc4)O5)[C@H]3c3ccc(O)cc3)c2)[C@H](O)[C@@H](O)[C@@H]1O. The highest BCUT2D eigenvalue weighted by atomic mass is 16.7. The van der Waals surface area contributed by atoms with Crippen molar-refractivity contribution in [2.45, 2.75) is 66.4 Å². The largest absolute Gasteiger partial charge is 0.508 e. The maximum Gasteiger partial charge on any atom is 0.229 e. The molecule has 6 aromatic carbocycles. The maximum absolute atomic E-state index is 12.4. The van der Waals surface area contributed by atoms with Crippen LogP contribution in [0.15, 0.2) is 109 Å². The number of rotatable bonds is 7. The second kappa shape index (κ2) is 14.8. The quantitative estimate of drug-likeness (QED) is 0.0986. The molecule has 2 aliphatic heterocycles. The van der Waals surface area contributed by atoms with Gasteiger partial charge in [0.15, 0.2) is 0 Å². The summed E-state index contributed by atoms with van der Waals surface area (Å²) in [5.74, 6) is -4.07. The Hall–Kier alpha value is -6.68. The summed E-state index contributed by atoms with van der Waals surface area (Å²) in [4.78, 5) is 0. The lowest BCUT2D eigenvalue weighted by Crippen LogP contribution is -2.60. The summed E-state index contributed by atoms with van der Waals surface area (Å²) >= 11 is 0. The number of aliphatic hydroxyl groups is 4. The third-order valence-corrected chi connectivity index (χ3v) is 13.0. The molecule has 1 unspecified atom stereocenters. The highest BCUT2D eigenvalue weighted by Gasteiger charge is 2.56. The van der Waals surface area contributed by atoms with Crippen molar-refractivity contribution in [3.8, 4) is 51.7 Å². The van der Waals surface area contributed by atoms with Crippen LogP contribution in [0.25, 0.3) is 0 Å². The zero-order valence-corrected chi connectivity index (χ0v) is 32.6. The van der Waals surface area contributed by atoms with Crippen LogP contribution in [0.4, 0.5) is 0 Å². The zero-order valence-electron chi connectivity index (χ0n) is 32.6. The smallest absolute Gasteiger partial charge is 0.229 e. The van der Waals surface area contributed by atoms with Gasteiger partial charge in [-0.1, -0.05) is 36.4 Å². The van der Waals surface area contributed by atoms with Gasteiger partial charge in [0, 0.05) is 58.6 Å². The van der Waals surface area contributed by atoms with Crippen molar-refractivity contribution in [1.82, 2.24) is 0 Å². The van der Waals surface area contributed by atoms with Gasteiger partial charge >= 0.3 is 0 Å². The topological polar surface area (TPSA) is 250 Å². The summed E-state index contributed by atoms with van der Waals surface area (Å²) in [5, 5.41) is 120. The van der Waals surface area contributed by atoms with Crippen LogP contribution < -0.4 is 9.47 Å². The molecule has 318 valence electrons. The molecule has 62 heavy (non-hydrogen) atoms. The molecule has 1 saturated heterocycles. The zero-order chi connectivity index (χ0) is 43.3. The van der Waals surface area contributed by atoms with Gasteiger partial charge in [0.1, 0.15) is 82.3 Å². The molecule has 1 fully saturated rings. The minimum atomic E-state index is -1.75. The van der Waals surface area contributed by atoms with E-state index in [0.29, 0.717) is 55.8 Å². The third-order valence-electron chi connectivity index (χ3n) is 13.0. The first-order chi connectivity index (χ1) is 29.8. The molecule has 0 radical (unpaired) electrons. The van der Waals surface area contributed by atoms with E-state index in [1.54, 1.807) is 60.7 Å². The maximum atomic E-state index is 12.4. The summed E-state index contributed by atoms with van der Waals surface area (Å²) in [7, 11) is 0. The molecule has 14 nitrogen and oxygen atoms in total. The average Bonchev–Trinajstić information content (AvgIpc) is 3.76. The number of aromatic hydroxyl groups is 7. The van der Waals surface area contributed by atoms with Crippen molar-refractivity contribution in [2.75, 3.05) is 6.61 Å². The number of fused-ring (bicyclic) bond motifs is 2. The molecule has 0 amide bonds. The molecule has 6 aromatic rings. The molecule has 11 atom stereocenters. The van der Waals surface area contributed by atoms with Gasteiger partial charge in [-0.2, -0.15) is 0 Å². The molecule has 2 heterocycles. The fourth-order valence-electron chi connectivity index (χ4n) is 10.4. The molecule has 10 rings (SSSR count). The van der Waals surface area contributed by atoms with E-state index in [-0.39, 0.29) is 46.0 Å². The minimum absolute atomic E-state index is 0.00302. The molecular formula is C48H42O14. The van der Waals surface area contributed by atoms with Gasteiger partial charge in [0.05, 0.1) is 12.5 Å². The predicted octanol–water partition coefficient (Wildman–Crippen LogP) is 5.23. The predicted molar refractivity (Wildman–Crippen MR) is 219 cm³/mol. The van der Waals surface area contributed by atoms with E-state index >= 15 is 0 Å². The molecule has 0 bridgehead atoms. The van der Waals surface area contributed by atoms with Crippen LogP contribution in [0.3, 0.4) is 0 Å². The highest BCUT2D eigenvalue weighted by Crippen LogP contribution is 2.70. The molecule has 2 aliphatic carbocycles. The third kappa shape index (κ3) is 6.21. The molecule has 0 spiro atoms. The minimum Gasteiger partial charge on any atom is -0.508 e. The van der Waals surface area contributed by atoms with E-state index in [0.717, 1.165) is 0 Å². The Morgan fingerprint density at radius 1 is 0.468 bits per heavy atom. The Kier molecular flexibility index (Phi) is 9.39. The summed E-state index contributed by atoms with van der Waals surface area (Å²) in [6.45, 7) is -0.687. The lowest BCUT2D eigenvalue weighted by Gasteiger charge is -2.39. The summed E-state index contributed by atoms with van der Waals surface area (Å²) in [6, 6.07) is 28.5. The van der Waals surface area contributed by atoms with E-state index < -0.39 is 73.0 Å². The summed E-state index contributed by atoms with van der Waals surface area (Å²) in [5.41, 5.74) is 5.26. The van der Waals surface area contributed by atoms with Crippen molar-refractivity contribution in [1.29, 1.82) is 0 Å². The van der Waals surface area contributed by atoms with Gasteiger partial charge in [-0.25, -0.2) is 0 Å². The van der Waals surface area contributed by atoms with E-state index in [1.807, 2.05) is 0 Å². The number of hydrogen-bond donors (Lipinski definition) is 11. The first-order valence-corrected chi connectivity index (χ1v) is 20.1. The molecule has 14 heteroatoms. The number of phenols is 7. The molecular weight excluding hydrogens is 801 g/mol. The first kappa shape index (κ1) is 39.5. The van der Waals surface area contributed by atoms with Crippen molar-refractivity contribution < 1.29 is 70.4 Å². The van der Waals surface area contributed by atoms with Crippen molar-refractivity contribution in [3.63, 3.8) is 0 Å².